The van der Waals surface area contributed by atoms with Crippen LogP contribution in [0.25, 0.3) is 16.6 Å². The normalized spacial score (nSPS) is 11.2. The smallest absolute Gasteiger partial charge is 0.340 e. The number of rotatable bonds is 2. The van der Waals surface area contributed by atoms with Crippen molar-refractivity contribution in [2.75, 3.05) is 6.61 Å². The van der Waals surface area contributed by atoms with Crippen LogP contribution in [-0.2, 0) is 4.74 Å². The molecule has 3 rings (SSSR count). The number of carbonyl (C=O) groups is 1. The fourth-order valence-electron chi connectivity index (χ4n) is 2.19. The van der Waals surface area contributed by atoms with Gasteiger partial charge < -0.3 is 4.74 Å². The van der Waals surface area contributed by atoms with Crippen LogP contribution >= 0.6 is 11.6 Å². The van der Waals surface area contributed by atoms with E-state index in [0.717, 1.165) is 11.1 Å². The van der Waals surface area contributed by atoms with Crippen molar-refractivity contribution in [3.8, 4) is 0 Å². The van der Waals surface area contributed by atoms with E-state index >= 15 is 0 Å². The van der Waals surface area contributed by atoms with Crippen LogP contribution in [0, 0.1) is 6.92 Å². The summed E-state index contributed by atoms with van der Waals surface area (Å²) in [5, 5.41) is 1.04. The van der Waals surface area contributed by atoms with E-state index in [1.807, 2.05) is 13.0 Å². The molecule has 2 aromatic heterocycles. The van der Waals surface area contributed by atoms with Crippen LogP contribution < -0.4 is 0 Å². The van der Waals surface area contributed by atoms with Gasteiger partial charge in [-0.2, -0.15) is 0 Å². The molecule has 0 aliphatic carbocycles. The minimum Gasteiger partial charge on any atom is -0.462 e. The van der Waals surface area contributed by atoms with Crippen LogP contribution in [0.4, 0.5) is 0 Å². The third-order valence-electron chi connectivity index (χ3n) is 3.00. The summed E-state index contributed by atoms with van der Waals surface area (Å²) in [5.74, 6) is -0.408. The number of para-hydroxylation sites is 1. The van der Waals surface area contributed by atoms with Crippen molar-refractivity contribution >= 4 is 34.1 Å². The SMILES string of the molecule is CCOC(=O)c1cccc2c1nc(Cl)n1cc(C)nc21. The number of benzene rings is 1. The van der Waals surface area contributed by atoms with Crippen molar-refractivity contribution < 1.29 is 9.53 Å². The first-order chi connectivity index (χ1) is 9.61. The predicted octanol–water partition coefficient (Wildman–Crippen LogP) is 3.02. The van der Waals surface area contributed by atoms with Crippen molar-refractivity contribution in [1.29, 1.82) is 0 Å². The zero-order valence-electron chi connectivity index (χ0n) is 11.1. The van der Waals surface area contributed by atoms with E-state index in [-0.39, 0.29) is 5.28 Å². The van der Waals surface area contributed by atoms with Crippen LogP contribution in [-0.4, -0.2) is 26.9 Å². The van der Waals surface area contributed by atoms with Gasteiger partial charge in [-0.1, -0.05) is 6.07 Å². The average molecular weight is 290 g/mol. The summed E-state index contributed by atoms with van der Waals surface area (Å²) in [6.45, 7) is 3.96. The van der Waals surface area contributed by atoms with Gasteiger partial charge >= 0.3 is 5.97 Å². The first-order valence-electron chi connectivity index (χ1n) is 6.23. The first kappa shape index (κ1) is 12.9. The van der Waals surface area contributed by atoms with E-state index in [1.165, 1.54) is 0 Å². The highest BCUT2D eigenvalue weighted by Gasteiger charge is 2.16. The Morgan fingerprint density at radius 2 is 2.20 bits per heavy atom. The third kappa shape index (κ3) is 1.91. The Hall–Kier alpha value is -2.14. The standard InChI is InChI=1S/C14H12ClN3O2/c1-3-20-13(19)10-6-4-5-9-11(10)17-14(15)18-7-8(2)16-12(9)18/h4-7H,3H2,1-2H3. The molecule has 0 atom stereocenters. The van der Waals surface area contributed by atoms with Gasteiger partial charge in [0.1, 0.15) is 5.65 Å². The highest BCUT2D eigenvalue weighted by molar-refractivity contribution is 6.29. The van der Waals surface area contributed by atoms with Crippen LogP contribution in [0.3, 0.4) is 0 Å². The largest absolute Gasteiger partial charge is 0.462 e. The Labute approximate surface area is 120 Å². The van der Waals surface area contributed by atoms with Crippen molar-refractivity contribution in [3.63, 3.8) is 0 Å². The summed E-state index contributed by atoms with van der Waals surface area (Å²) < 4.78 is 6.75. The second-order valence-corrected chi connectivity index (χ2v) is 4.72. The molecule has 0 amide bonds. The van der Waals surface area contributed by atoms with E-state index < -0.39 is 5.97 Å². The lowest BCUT2D eigenvalue weighted by molar-refractivity contribution is 0.0528. The van der Waals surface area contributed by atoms with Gasteiger partial charge in [0.2, 0.25) is 5.28 Å². The number of hydrogen-bond donors (Lipinski definition) is 0. The molecule has 0 aliphatic rings. The molecule has 0 N–H and O–H groups in total. The molecule has 6 heteroatoms. The van der Waals surface area contributed by atoms with E-state index in [0.29, 0.717) is 23.3 Å². The zero-order chi connectivity index (χ0) is 14.3. The van der Waals surface area contributed by atoms with Gasteiger partial charge in [0, 0.05) is 11.6 Å². The highest BCUT2D eigenvalue weighted by Crippen LogP contribution is 2.25. The van der Waals surface area contributed by atoms with E-state index in [2.05, 4.69) is 9.97 Å². The molecule has 0 saturated heterocycles. The van der Waals surface area contributed by atoms with Gasteiger partial charge in [-0.3, -0.25) is 4.40 Å². The second-order valence-electron chi connectivity index (χ2n) is 4.38. The number of nitrogens with zero attached hydrogens (tertiary/aromatic N) is 3. The van der Waals surface area contributed by atoms with Crippen molar-refractivity contribution in [3.05, 3.63) is 40.9 Å². The molecule has 3 aromatic rings. The topological polar surface area (TPSA) is 56.5 Å². The van der Waals surface area contributed by atoms with E-state index in [1.54, 1.807) is 29.7 Å². The molecule has 20 heavy (non-hydrogen) atoms. The van der Waals surface area contributed by atoms with Gasteiger partial charge in [0.25, 0.3) is 0 Å². The molecule has 0 unspecified atom stereocenters. The molecule has 0 saturated carbocycles. The quantitative estimate of drug-likeness (QED) is 0.537. The monoisotopic (exact) mass is 289 g/mol. The Kier molecular flexibility index (Phi) is 3.06. The molecule has 2 heterocycles. The number of carbonyl (C=O) groups excluding carboxylic acids is 1. The number of fused-ring (bicyclic) bond motifs is 3. The average Bonchev–Trinajstić information content (AvgIpc) is 2.81. The maximum absolute atomic E-state index is 12.0. The molecule has 1 aromatic carbocycles. The van der Waals surface area contributed by atoms with Crippen molar-refractivity contribution in [2.45, 2.75) is 13.8 Å². The summed E-state index contributed by atoms with van der Waals surface area (Å²) in [6, 6.07) is 5.33. The zero-order valence-corrected chi connectivity index (χ0v) is 11.8. The van der Waals surface area contributed by atoms with Gasteiger partial charge in [-0.15, -0.1) is 0 Å². The minimum atomic E-state index is -0.408. The minimum absolute atomic E-state index is 0.268. The molecule has 0 bridgehead atoms. The summed E-state index contributed by atoms with van der Waals surface area (Å²) in [5.41, 5.74) is 2.43. The predicted molar refractivity (Wildman–Crippen MR) is 76.2 cm³/mol. The fraction of sp³-hybridized carbons (Fsp3) is 0.214. The number of halogens is 1. The van der Waals surface area contributed by atoms with E-state index in [9.17, 15) is 4.79 Å². The van der Waals surface area contributed by atoms with Gasteiger partial charge in [-0.25, -0.2) is 14.8 Å². The third-order valence-corrected chi connectivity index (χ3v) is 3.27. The molecule has 0 spiro atoms. The number of aryl methyl sites for hydroxylation is 1. The lowest BCUT2D eigenvalue weighted by Gasteiger charge is -2.07. The Balaban J connectivity index is 2.37. The first-order valence-corrected chi connectivity index (χ1v) is 6.60. The number of imidazole rings is 1. The lowest BCUT2D eigenvalue weighted by atomic mass is 10.1. The van der Waals surface area contributed by atoms with Crippen LogP contribution in [0.5, 0.6) is 0 Å². The number of aromatic nitrogens is 3. The Morgan fingerprint density at radius 1 is 1.40 bits per heavy atom. The summed E-state index contributed by atoms with van der Waals surface area (Å²) in [6.07, 6.45) is 1.81. The van der Waals surface area contributed by atoms with Gasteiger partial charge in [0.15, 0.2) is 0 Å². The Morgan fingerprint density at radius 3 is 2.95 bits per heavy atom. The van der Waals surface area contributed by atoms with Crippen LogP contribution in [0.1, 0.15) is 23.0 Å². The summed E-state index contributed by atoms with van der Waals surface area (Å²) in [4.78, 5) is 20.7. The van der Waals surface area contributed by atoms with Crippen molar-refractivity contribution in [1.82, 2.24) is 14.4 Å². The maximum Gasteiger partial charge on any atom is 0.340 e. The van der Waals surface area contributed by atoms with Gasteiger partial charge in [-0.05, 0) is 37.6 Å². The molecule has 0 aliphatic heterocycles. The molecule has 0 fully saturated rings. The van der Waals surface area contributed by atoms with Crippen molar-refractivity contribution in [2.24, 2.45) is 0 Å². The summed E-state index contributed by atoms with van der Waals surface area (Å²) in [7, 11) is 0. The van der Waals surface area contributed by atoms with E-state index in [4.69, 9.17) is 16.3 Å². The number of esters is 1. The number of hydrogen-bond acceptors (Lipinski definition) is 4. The van der Waals surface area contributed by atoms with Crippen LogP contribution in [0.2, 0.25) is 5.28 Å². The number of ether oxygens (including phenoxy) is 1. The molecular weight excluding hydrogens is 278 g/mol. The summed E-state index contributed by atoms with van der Waals surface area (Å²) >= 11 is 6.16. The van der Waals surface area contributed by atoms with Crippen LogP contribution in [0.15, 0.2) is 24.4 Å². The Bertz CT molecular complexity index is 826. The second kappa shape index (κ2) is 4.76. The molecule has 102 valence electrons. The molecular formula is C14H12ClN3O2. The lowest BCUT2D eigenvalue weighted by Crippen LogP contribution is -2.07. The molecule has 0 radical (unpaired) electrons. The van der Waals surface area contributed by atoms with Gasteiger partial charge in [0.05, 0.1) is 23.4 Å². The maximum atomic E-state index is 12.0. The fourth-order valence-corrected chi connectivity index (χ4v) is 2.41. The molecule has 5 nitrogen and oxygen atoms in total. The highest BCUT2D eigenvalue weighted by atomic mass is 35.5.